The van der Waals surface area contributed by atoms with Gasteiger partial charge in [-0.15, -0.1) is 10.2 Å². The number of amidine groups is 1. The van der Waals surface area contributed by atoms with Gasteiger partial charge in [0.2, 0.25) is 5.84 Å². The van der Waals surface area contributed by atoms with Gasteiger partial charge in [-0.05, 0) is 19.1 Å². The van der Waals surface area contributed by atoms with E-state index in [4.69, 9.17) is 5.53 Å². The van der Waals surface area contributed by atoms with Gasteiger partial charge < -0.3 is 5.53 Å². The molecule has 1 aromatic carbocycles. The van der Waals surface area contributed by atoms with Crippen LogP contribution in [0.2, 0.25) is 0 Å². The molecular weight excluding hydrogens is 264 g/mol. The maximum absolute atomic E-state index is 11.9. The Bertz CT molecular complexity index is 697. The van der Waals surface area contributed by atoms with Crippen LogP contribution in [-0.2, 0) is 0 Å². The summed E-state index contributed by atoms with van der Waals surface area (Å²) in [4.78, 5) is 24.8. The lowest BCUT2D eigenvalue weighted by Gasteiger charge is -2.01. The predicted molar refractivity (Wildman–Crippen MR) is 69.7 cm³/mol. The van der Waals surface area contributed by atoms with E-state index in [2.05, 4.69) is 20.3 Å². The number of rotatable bonds is 2. The lowest BCUT2D eigenvalue weighted by atomic mass is 10.2. The molecule has 9 heteroatoms. The first-order chi connectivity index (χ1) is 9.52. The molecule has 0 saturated carbocycles. The molecule has 0 atom stereocenters. The highest BCUT2D eigenvalue weighted by atomic mass is 16.6. The fourth-order valence-electron chi connectivity index (χ4n) is 1.51. The molecule has 0 radical (unpaired) electrons. The zero-order valence-electron chi connectivity index (χ0n) is 10.3. The van der Waals surface area contributed by atoms with Crippen LogP contribution < -0.4 is 5.32 Å². The summed E-state index contributed by atoms with van der Waals surface area (Å²) in [6.07, 6.45) is 0. The minimum Gasteiger partial charge on any atom is -0.361 e. The number of nitro benzene ring substituents is 1. The molecule has 1 N–H and O–H groups in total. The van der Waals surface area contributed by atoms with Crippen molar-refractivity contribution in [2.75, 3.05) is 0 Å². The summed E-state index contributed by atoms with van der Waals surface area (Å²) in [5.41, 5.74) is 9.32. The van der Waals surface area contributed by atoms with Crippen molar-refractivity contribution in [3.05, 3.63) is 45.5 Å². The van der Waals surface area contributed by atoms with Crippen LogP contribution in [0.25, 0.3) is 5.53 Å². The molecule has 0 spiro atoms. The first-order valence-corrected chi connectivity index (χ1v) is 5.44. The van der Waals surface area contributed by atoms with E-state index < -0.39 is 10.8 Å². The molecule has 0 unspecified atom stereocenters. The van der Waals surface area contributed by atoms with Crippen LogP contribution in [0.5, 0.6) is 0 Å². The molecule has 100 valence electrons. The molecule has 1 heterocycles. The molecule has 1 aliphatic heterocycles. The highest BCUT2D eigenvalue weighted by molar-refractivity contribution is 6.68. The van der Waals surface area contributed by atoms with E-state index >= 15 is 0 Å². The second-order valence-corrected chi connectivity index (χ2v) is 3.84. The van der Waals surface area contributed by atoms with Crippen molar-refractivity contribution in [1.82, 2.24) is 5.32 Å². The minimum absolute atomic E-state index is 0.0216. The Morgan fingerprint density at radius 2 is 2.00 bits per heavy atom. The van der Waals surface area contributed by atoms with E-state index in [-0.39, 0.29) is 22.8 Å². The van der Waals surface area contributed by atoms with Crippen molar-refractivity contribution in [2.24, 2.45) is 10.2 Å². The Morgan fingerprint density at radius 1 is 1.35 bits per heavy atom. The number of hydrogen-bond acceptors (Lipinski definition) is 5. The van der Waals surface area contributed by atoms with Gasteiger partial charge in [0.15, 0.2) is 5.71 Å². The van der Waals surface area contributed by atoms with Gasteiger partial charge in [-0.2, -0.15) is 4.79 Å². The SMILES string of the molecule is CC1=NN=C(NC(=O)c2ccc([N+](=O)[O-])cc2)C1=[N+]=[N-]. The Labute approximate surface area is 112 Å². The van der Waals surface area contributed by atoms with E-state index in [1.165, 1.54) is 24.3 Å². The summed E-state index contributed by atoms with van der Waals surface area (Å²) in [5, 5.41) is 20.2. The second kappa shape index (κ2) is 5.21. The fourth-order valence-corrected chi connectivity index (χ4v) is 1.51. The Balaban J connectivity index is 2.14. The van der Waals surface area contributed by atoms with E-state index in [1.54, 1.807) is 6.92 Å². The number of non-ortho nitro benzene ring substituents is 1. The second-order valence-electron chi connectivity index (χ2n) is 3.84. The zero-order chi connectivity index (χ0) is 14.7. The zero-order valence-corrected chi connectivity index (χ0v) is 10.3. The maximum Gasteiger partial charge on any atom is 0.382 e. The standard InChI is InChI=1S/C11H8N6O3/c1-6-9(14-12)10(16-15-6)13-11(18)7-2-4-8(5-3-7)17(19)20/h2-5H,1H3,(H,13,16,18). The Hall–Kier alpha value is -3.19. The van der Waals surface area contributed by atoms with Crippen LogP contribution >= 0.6 is 0 Å². The summed E-state index contributed by atoms with van der Waals surface area (Å²) in [5.74, 6) is -0.516. The van der Waals surface area contributed by atoms with E-state index in [1.807, 2.05) is 0 Å². The van der Waals surface area contributed by atoms with E-state index in [0.29, 0.717) is 5.71 Å². The number of carbonyl (C=O) groups excluding carboxylic acids is 1. The van der Waals surface area contributed by atoms with Crippen molar-refractivity contribution in [3.8, 4) is 0 Å². The summed E-state index contributed by atoms with van der Waals surface area (Å²) in [6.45, 7) is 1.57. The van der Waals surface area contributed by atoms with E-state index in [9.17, 15) is 14.9 Å². The minimum atomic E-state index is -0.559. The first kappa shape index (κ1) is 13.2. The number of amides is 1. The molecule has 0 saturated heterocycles. The molecule has 1 amide bonds. The average molecular weight is 272 g/mol. The van der Waals surface area contributed by atoms with Gasteiger partial charge in [-0.25, -0.2) is 0 Å². The van der Waals surface area contributed by atoms with Gasteiger partial charge in [0.25, 0.3) is 11.6 Å². The molecule has 9 nitrogen and oxygen atoms in total. The van der Waals surface area contributed by atoms with Crippen LogP contribution in [0.4, 0.5) is 5.69 Å². The third-order valence-electron chi connectivity index (χ3n) is 2.54. The van der Waals surface area contributed by atoms with Crippen LogP contribution in [-0.4, -0.2) is 32.9 Å². The first-order valence-electron chi connectivity index (χ1n) is 5.44. The molecule has 1 aliphatic rings. The average Bonchev–Trinajstić information content (AvgIpc) is 2.79. The molecular formula is C11H8N6O3. The molecule has 0 aromatic heterocycles. The summed E-state index contributed by atoms with van der Waals surface area (Å²) >= 11 is 0. The molecule has 0 bridgehead atoms. The van der Waals surface area contributed by atoms with Gasteiger partial charge >= 0.3 is 5.71 Å². The number of nitro groups is 1. The van der Waals surface area contributed by atoms with Gasteiger partial charge in [0, 0.05) is 17.7 Å². The third-order valence-corrected chi connectivity index (χ3v) is 2.54. The number of benzene rings is 1. The number of nitrogens with one attached hydrogen (secondary N) is 1. The van der Waals surface area contributed by atoms with Crippen LogP contribution in [0.3, 0.4) is 0 Å². The van der Waals surface area contributed by atoms with Crippen molar-refractivity contribution in [1.29, 1.82) is 0 Å². The maximum atomic E-state index is 11.9. The summed E-state index contributed by atoms with van der Waals surface area (Å²) in [7, 11) is 0. The van der Waals surface area contributed by atoms with Crippen molar-refractivity contribution in [3.63, 3.8) is 0 Å². The largest absolute Gasteiger partial charge is 0.382 e. The van der Waals surface area contributed by atoms with E-state index in [0.717, 1.165) is 0 Å². The smallest absolute Gasteiger partial charge is 0.361 e. The van der Waals surface area contributed by atoms with Gasteiger partial charge in [0.1, 0.15) is 0 Å². The number of nitrogens with zero attached hydrogens (tertiary/aromatic N) is 5. The third kappa shape index (κ3) is 2.47. The quantitative estimate of drug-likeness (QED) is 0.369. The fraction of sp³-hybridized carbons (Fsp3) is 0.0909. The lowest BCUT2D eigenvalue weighted by molar-refractivity contribution is -0.384. The molecule has 0 fully saturated rings. The summed E-state index contributed by atoms with van der Waals surface area (Å²) < 4.78 is 0. The van der Waals surface area contributed by atoms with Gasteiger partial charge in [0.05, 0.1) is 4.92 Å². The number of hydrogen-bond donors (Lipinski definition) is 1. The monoisotopic (exact) mass is 272 g/mol. The van der Waals surface area contributed by atoms with Gasteiger partial charge in [-0.3, -0.25) is 20.2 Å². The van der Waals surface area contributed by atoms with Crippen molar-refractivity contribution < 1.29 is 14.5 Å². The topological polar surface area (TPSA) is 133 Å². The highest BCUT2D eigenvalue weighted by Gasteiger charge is 2.28. The number of carbonyl (C=O) groups is 1. The summed E-state index contributed by atoms with van der Waals surface area (Å²) in [6, 6.07) is 5.06. The van der Waals surface area contributed by atoms with Crippen LogP contribution in [0.15, 0.2) is 34.5 Å². The van der Waals surface area contributed by atoms with Crippen LogP contribution in [0, 0.1) is 10.1 Å². The Morgan fingerprint density at radius 3 is 2.55 bits per heavy atom. The molecule has 1 aromatic rings. The molecule has 20 heavy (non-hydrogen) atoms. The normalized spacial score (nSPS) is 13.3. The molecule has 0 aliphatic carbocycles. The Kier molecular flexibility index (Phi) is 3.45. The lowest BCUT2D eigenvalue weighted by Crippen LogP contribution is -2.37. The predicted octanol–water partition coefficient (Wildman–Crippen LogP) is 0.783. The molecule has 2 rings (SSSR count). The van der Waals surface area contributed by atoms with Crippen molar-refractivity contribution >= 4 is 28.9 Å². The van der Waals surface area contributed by atoms with Crippen molar-refractivity contribution in [2.45, 2.75) is 6.92 Å². The van der Waals surface area contributed by atoms with Crippen LogP contribution in [0.1, 0.15) is 17.3 Å². The highest BCUT2D eigenvalue weighted by Crippen LogP contribution is 2.11. The van der Waals surface area contributed by atoms with Gasteiger partial charge in [-0.1, -0.05) is 0 Å².